The van der Waals surface area contributed by atoms with E-state index in [4.69, 9.17) is 0 Å². The fraction of sp³-hybridized carbons (Fsp3) is 0.0417. The number of amides is 1. The molecule has 156 valence electrons. The Morgan fingerprint density at radius 2 is 1.52 bits per heavy atom. The van der Waals surface area contributed by atoms with Crippen LogP contribution in [0.1, 0.15) is 15.9 Å². The van der Waals surface area contributed by atoms with Crippen molar-refractivity contribution in [3.63, 3.8) is 0 Å². The maximum atomic E-state index is 12.7. The number of aryl methyl sites for hydroxylation is 1. The van der Waals surface area contributed by atoms with Crippen molar-refractivity contribution >= 4 is 27.3 Å². The van der Waals surface area contributed by atoms with E-state index in [0.717, 1.165) is 11.3 Å². The molecule has 6 nitrogen and oxygen atoms in total. The average molecular weight is 432 g/mol. The first kappa shape index (κ1) is 20.4. The number of rotatable bonds is 6. The first-order chi connectivity index (χ1) is 14.9. The molecule has 0 radical (unpaired) electrons. The first-order valence-corrected chi connectivity index (χ1v) is 11.1. The minimum absolute atomic E-state index is 0.173. The second-order valence-electron chi connectivity index (χ2n) is 7.04. The second-order valence-corrected chi connectivity index (χ2v) is 8.72. The van der Waals surface area contributed by atoms with Gasteiger partial charge in [-0.25, -0.2) is 8.42 Å². The SMILES string of the molecule is Cc1ccc(NC(=O)c2ccc(-n3cccc3)cc2)cc1NS(=O)(=O)c1ccccc1. The van der Waals surface area contributed by atoms with E-state index in [1.807, 2.05) is 41.2 Å². The van der Waals surface area contributed by atoms with Gasteiger partial charge in [-0.05, 0) is 73.2 Å². The third kappa shape index (κ3) is 4.67. The Morgan fingerprint density at radius 3 is 2.19 bits per heavy atom. The van der Waals surface area contributed by atoms with Gasteiger partial charge in [-0.15, -0.1) is 0 Å². The molecule has 0 fully saturated rings. The number of aromatic nitrogens is 1. The number of carbonyl (C=O) groups is 1. The van der Waals surface area contributed by atoms with Crippen LogP contribution >= 0.6 is 0 Å². The summed E-state index contributed by atoms with van der Waals surface area (Å²) in [6.45, 7) is 1.80. The van der Waals surface area contributed by atoms with Crippen LogP contribution in [0.5, 0.6) is 0 Å². The molecule has 0 aliphatic rings. The molecule has 4 aromatic rings. The molecular weight excluding hydrogens is 410 g/mol. The highest BCUT2D eigenvalue weighted by Gasteiger charge is 2.15. The summed E-state index contributed by atoms with van der Waals surface area (Å²) in [6, 6.07) is 24.3. The fourth-order valence-electron chi connectivity index (χ4n) is 3.11. The quantitative estimate of drug-likeness (QED) is 0.458. The van der Waals surface area contributed by atoms with E-state index in [2.05, 4.69) is 10.0 Å². The van der Waals surface area contributed by atoms with E-state index in [1.165, 1.54) is 12.1 Å². The van der Waals surface area contributed by atoms with Gasteiger partial charge in [0.2, 0.25) is 0 Å². The molecule has 1 aromatic heterocycles. The van der Waals surface area contributed by atoms with Gasteiger partial charge in [0.05, 0.1) is 10.6 Å². The van der Waals surface area contributed by atoms with E-state index < -0.39 is 10.0 Å². The Bertz CT molecular complexity index is 1300. The Morgan fingerprint density at radius 1 is 0.839 bits per heavy atom. The molecule has 0 bridgehead atoms. The minimum atomic E-state index is -3.72. The summed E-state index contributed by atoms with van der Waals surface area (Å²) < 4.78 is 29.8. The number of nitrogens with one attached hydrogen (secondary N) is 2. The van der Waals surface area contributed by atoms with Crippen molar-refractivity contribution in [2.24, 2.45) is 0 Å². The van der Waals surface area contributed by atoms with E-state index in [1.54, 1.807) is 55.5 Å². The third-order valence-electron chi connectivity index (χ3n) is 4.83. The molecule has 31 heavy (non-hydrogen) atoms. The number of carbonyl (C=O) groups excluding carboxylic acids is 1. The summed E-state index contributed by atoms with van der Waals surface area (Å²) in [7, 11) is -3.72. The van der Waals surface area contributed by atoms with E-state index in [-0.39, 0.29) is 10.8 Å². The molecule has 0 spiro atoms. The molecule has 1 amide bonds. The lowest BCUT2D eigenvalue weighted by Crippen LogP contribution is -2.15. The van der Waals surface area contributed by atoms with Crippen molar-refractivity contribution < 1.29 is 13.2 Å². The molecule has 4 rings (SSSR count). The van der Waals surface area contributed by atoms with Crippen molar-refractivity contribution in [1.82, 2.24) is 4.57 Å². The minimum Gasteiger partial charge on any atom is -0.324 e. The van der Waals surface area contributed by atoms with Crippen LogP contribution in [0.2, 0.25) is 0 Å². The van der Waals surface area contributed by atoms with E-state index in [0.29, 0.717) is 16.9 Å². The van der Waals surface area contributed by atoms with Crippen LogP contribution in [0.3, 0.4) is 0 Å². The molecular formula is C24H21N3O3S. The van der Waals surface area contributed by atoms with Crippen LogP contribution in [0.4, 0.5) is 11.4 Å². The van der Waals surface area contributed by atoms with Crippen molar-refractivity contribution in [1.29, 1.82) is 0 Å². The Labute approximate surface area is 181 Å². The molecule has 0 atom stereocenters. The Kier molecular flexibility index (Phi) is 5.60. The van der Waals surface area contributed by atoms with Crippen LogP contribution in [0, 0.1) is 6.92 Å². The van der Waals surface area contributed by atoms with Gasteiger partial charge in [0.15, 0.2) is 0 Å². The van der Waals surface area contributed by atoms with Crippen molar-refractivity contribution in [3.8, 4) is 5.69 Å². The lowest BCUT2D eigenvalue weighted by Gasteiger charge is -2.13. The summed E-state index contributed by atoms with van der Waals surface area (Å²) in [5.41, 5.74) is 3.10. The van der Waals surface area contributed by atoms with Gasteiger partial charge in [-0.2, -0.15) is 0 Å². The number of sulfonamides is 1. The molecule has 0 aliphatic heterocycles. The van der Waals surface area contributed by atoms with Gasteiger partial charge in [-0.3, -0.25) is 9.52 Å². The maximum absolute atomic E-state index is 12.7. The zero-order chi connectivity index (χ0) is 21.8. The van der Waals surface area contributed by atoms with Gasteiger partial charge in [0.1, 0.15) is 0 Å². The maximum Gasteiger partial charge on any atom is 0.261 e. The number of anilines is 2. The van der Waals surface area contributed by atoms with Crippen LogP contribution < -0.4 is 10.0 Å². The number of nitrogens with zero attached hydrogens (tertiary/aromatic N) is 1. The smallest absolute Gasteiger partial charge is 0.261 e. The zero-order valence-electron chi connectivity index (χ0n) is 16.8. The lowest BCUT2D eigenvalue weighted by atomic mass is 10.1. The second kappa shape index (κ2) is 8.49. The number of hydrogen-bond acceptors (Lipinski definition) is 3. The molecule has 3 aromatic carbocycles. The molecule has 2 N–H and O–H groups in total. The first-order valence-electron chi connectivity index (χ1n) is 9.66. The molecule has 0 unspecified atom stereocenters. The van der Waals surface area contributed by atoms with Crippen LogP contribution in [-0.4, -0.2) is 18.9 Å². The molecule has 0 saturated heterocycles. The van der Waals surface area contributed by atoms with Gasteiger partial charge in [0.25, 0.3) is 15.9 Å². The van der Waals surface area contributed by atoms with Gasteiger partial charge in [-0.1, -0.05) is 24.3 Å². The van der Waals surface area contributed by atoms with Crippen molar-refractivity contribution in [2.45, 2.75) is 11.8 Å². The highest BCUT2D eigenvalue weighted by atomic mass is 32.2. The zero-order valence-corrected chi connectivity index (χ0v) is 17.6. The fourth-order valence-corrected chi connectivity index (χ4v) is 4.25. The summed E-state index contributed by atoms with van der Waals surface area (Å²) in [4.78, 5) is 12.8. The standard InChI is InChI=1S/C24H21N3O3S/c1-18-9-12-20(17-23(18)26-31(29,30)22-7-3-2-4-8-22)25-24(28)19-10-13-21(14-11-19)27-15-5-6-16-27/h2-17,26H,1H3,(H,25,28). The predicted octanol–water partition coefficient (Wildman–Crippen LogP) is 4.84. The normalized spacial score (nSPS) is 11.1. The van der Waals surface area contributed by atoms with Crippen molar-refractivity contribution in [2.75, 3.05) is 10.0 Å². The average Bonchev–Trinajstić information content (AvgIpc) is 3.32. The van der Waals surface area contributed by atoms with Crippen LogP contribution in [-0.2, 0) is 10.0 Å². The Hall–Kier alpha value is -3.84. The van der Waals surface area contributed by atoms with Crippen LogP contribution in [0.25, 0.3) is 5.69 Å². The number of hydrogen-bond donors (Lipinski definition) is 2. The predicted molar refractivity (Wildman–Crippen MR) is 122 cm³/mol. The summed E-state index contributed by atoms with van der Waals surface area (Å²) in [5.74, 6) is -0.278. The molecule has 1 heterocycles. The summed E-state index contributed by atoms with van der Waals surface area (Å²) in [6.07, 6.45) is 3.86. The molecule has 0 aliphatic carbocycles. The highest BCUT2D eigenvalue weighted by molar-refractivity contribution is 7.92. The van der Waals surface area contributed by atoms with E-state index >= 15 is 0 Å². The van der Waals surface area contributed by atoms with Crippen LogP contribution in [0.15, 0.2) is 102 Å². The largest absolute Gasteiger partial charge is 0.324 e. The van der Waals surface area contributed by atoms with Gasteiger partial charge < -0.3 is 9.88 Å². The van der Waals surface area contributed by atoms with Gasteiger partial charge >= 0.3 is 0 Å². The van der Waals surface area contributed by atoms with E-state index in [9.17, 15) is 13.2 Å². The lowest BCUT2D eigenvalue weighted by molar-refractivity contribution is 0.102. The topological polar surface area (TPSA) is 80.2 Å². The Balaban J connectivity index is 1.51. The summed E-state index contributed by atoms with van der Waals surface area (Å²) >= 11 is 0. The number of benzene rings is 3. The molecule has 0 saturated carbocycles. The van der Waals surface area contributed by atoms with Gasteiger partial charge in [0, 0.05) is 29.3 Å². The third-order valence-corrected chi connectivity index (χ3v) is 6.21. The van der Waals surface area contributed by atoms with Crippen molar-refractivity contribution in [3.05, 3.63) is 108 Å². The monoisotopic (exact) mass is 431 g/mol. The highest BCUT2D eigenvalue weighted by Crippen LogP contribution is 2.24. The summed E-state index contributed by atoms with van der Waals surface area (Å²) in [5, 5.41) is 2.83. The molecule has 7 heteroatoms.